The van der Waals surface area contributed by atoms with Crippen LogP contribution in [0.15, 0.2) is 36.7 Å². The van der Waals surface area contributed by atoms with Crippen molar-refractivity contribution in [3.63, 3.8) is 0 Å². The fourth-order valence-corrected chi connectivity index (χ4v) is 1.46. The van der Waals surface area contributed by atoms with Crippen molar-refractivity contribution in [2.75, 3.05) is 5.32 Å². The summed E-state index contributed by atoms with van der Waals surface area (Å²) in [7, 11) is 0. The average Bonchev–Trinajstić information content (AvgIpc) is 2.78. The molecular formula is C12H15N5O. The second kappa shape index (κ2) is 5.42. The molecule has 0 aliphatic heterocycles. The van der Waals surface area contributed by atoms with Crippen LogP contribution in [0.3, 0.4) is 0 Å². The summed E-state index contributed by atoms with van der Waals surface area (Å²) < 4.78 is 1.47. The van der Waals surface area contributed by atoms with Crippen molar-refractivity contribution in [2.45, 2.75) is 19.5 Å². The molecule has 2 rings (SSSR count). The Labute approximate surface area is 105 Å². The van der Waals surface area contributed by atoms with Crippen molar-refractivity contribution in [1.29, 1.82) is 0 Å². The van der Waals surface area contributed by atoms with Crippen LogP contribution in [0.4, 0.5) is 5.69 Å². The average molecular weight is 245 g/mol. The van der Waals surface area contributed by atoms with Crippen LogP contribution >= 0.6 is 0 Å². The molecule has 0 fully saturated rings. The van der Waals surface area contributed by atoms with Gasteiger partial charge in [0, 0.05) is 5.69 Å². The first kappa shape index (κ1) is 12.3. The third kappa shape index (κ3) is 3.14. The van der Waals surface area contributed by atoms with Crippen LogP contribution in [0.5, 0.6) is 0 Å². The number of nitrogens with zero attached hydrogens (tertiary/aromatic N) is 3. The maximum Gasteiger partial charge on any atom is 0.246 e. The lowest BCUT2D eigenvalue weighted by atomic mass is 10.3. The number of aromatic nitrogens is 3. The van der Waals surface area contributed by atoms with Crippen molar-refractivity contribution in [2.24, 2.45) is 5.73 Å². The molecule has 2 aromatic rings. The smallest absolute Gasteiger partial charge is 0.246 e. The van der Waals surface area contributed by atoms with Gasteiger partial charge in [-0.1, -0.05) is 18.2 Å². The number of nitrogens with one attached hydrogen (secondary N) is 1. The highest BCUT2D eigenvalue weighted by Crippen LogP contribution is 2.05. The Morgan fingerprint density at radius 2 is 2.17 bits per heavy atom. The molecule has 3 N–H and O–H groups in total. The molecule has 1 heterocycles. The molecule has 6 heteroatoms. The van der Waals surface area contributed by atoms with E-state index in [1.165, 1.54) is 11.0 Å². The first-order chi connectivity index (χ1) is 8.65. The van der Waals surface area contributed by atoms with Gasteiger partial charge in [0.05, 0.1) is 6.04 Å². The Balaban J connectivity index is 1.95. The Morgan fingerprint density at radius 3 is 2.78 bits per heavy atom. The Bertz CT molecular complexity index is 520. The number of nitrogens with two attached hydrogens (primary N) is 1. The topological polar surface area (TPSA) is 85.8 Å². The Morgan fingerprint density at radius 1 is 1.44 bits per heavy atom. The lowest BCUT2D eigenvalue weighted by Gasteiger charge is -2.04. The van der Waals surface area contributed by atoms with Crippen molar-refractivity contribution in [3.8, 4) is 0 Å². The molecule has 94 valence electrons. The number of carbonyl (C=O) groups is 1. The van der Waals surface area contributed by atoms with Crippen LogP contribution in [0.1, 0.15) is 18.8 Å². The predicted octanol–water partition coefficient (Wildman–Crippen LogP) is 0.936. The van der Waals surface area contributed by atoms with E-state index >= 15 is 0 Å². The molecule has 1 unspecified atom stereocenters. The summed E-state index contributed by atoms with van der Waals surface area (Å²) in [4.78, 5) is 15.8. The molecule has 0 bridgehead atoms. The first-order valence-electron chi connectivity index (χ1n) is 5.65. The summed E-state index contributed by atoms with van der Waals surface area (Å²) >= 11 is 0. The number of hydrogen-bond acceptors (Lipinski definition) is 4. The minimum Gasteiger partial charge on any atom is -0.324 e. The maximum absolute atomic E-state index is 11.7. The van der Waals surface area contributed by atoms with Gasteiger partial charge in [-0.25, -0.2) is 9.67 Å². The zero-order valence-corrected chi connectivity index (χ0v) is 10.1. The van der Waals surface area contributed by atoms with Crippen LogP contribution in [0.2, 0.25) is 0 Å². The summed E-state index contributed by atoms with van der Waals surface area (Å²) in [5.41, 5.74) is 6.40. The summed E-state index contributed by atoms with van der Waals surface area (Å²) in [5, 5.41) is 6.88. The minimum absolute atomic E-state index is 0.120. The second-order valence-corrected chi connectivity index (χ2v) is 4.00. The fourth-order valence-electron chi connectivity index (χ4n) is 1.46. The van der Waals surface area contributed by atoms with E-state index in [0.29, 0.717) is 5.82 Å². The zero-order chi connectivity index (χ0) is 13.0. The van der Waals surface area contributed by atoms with Gasteiger partial charge in [-0.2, -0.15) is 5.10 Å². The summed E-state index contributed by atoms with van der Waals surface area (Å²) in [6, 6.07) is 9.03. The van der Waals surface area contributed by atoms with Crippen LogP contribution < -0.4 is 11.1 Å². The normalized spacial score (nSPS) is 12.1. The first-order valence-corrected chi connectivity index (χ1v) is 5.65. The third-order valence-electron chi connectivity index (χ3n) is 2.32. The second-order valence-electron chi connectivity index (χ2n) is 4.00. The van der Waals surface area contributed by atoms with E-state index in [-0.39, 0.29) is 18.5 Å². The molecule has 0 aliphatic carbocycles. The van der Waals surface area contributed by atoms with Gasteiger partial charge in [-0.15, -0.1) is 0 Å². The van der Waals surface area contributed by atoms with Crippen LogP contribution in [0.25, 0.3) is 0 Å². The number of carbonyl (C=O) groups excluding carboxylic acids is 1. The number of hydrogen-bond donors (Lipinski definition) is 2. The molecule has 1 atom stereocenters. The standard InChI is InChI=1S/C12H15N5O/c1-9(13)12-14-8-17(16-12)7-11(18)15-10-5-3-2-4-6-10/h2-6,8-9H,7,13H2,1H3,(H,15,18). The Hall–Kier alpha value is -2.21. The van der Waals surface area contributed by atoms with Crippen molar-refractivity contribution in [3.05, 3.63) is 42.5 Å². The molecule has 1 aromatic heterocycles. The molecule has 6 nitrogen and oxygen atoms in total. The number of rotatable bonds is 4. The molecule has 1 amide bonds. The van der Waals surface area contributed by atoms with Gasteiger partial charge in [-0.3, -0.25) is 4.79 Å². The predicted molar refractivity (Wildman–Crippen MR) is 67.7 cm³/mol. The van der Waals surface area contributed by atoms with E-state index in [1.54, 1.807) is 6.92 Å². The maximum atomic E-state index is 11.7. The summed E-state index contributed by atoms with van der Waals surface area (Å²) in [5.74, 6) is 0.379. The van der Waals surface area contributed by atoms with Gasteiger partial charge < -0.3 is 11.1 Å². The molecule has 0 saturated heterocycles. The molecule has 0 aliphatic rings. The lowest BCUT2D eigenvalue weighted by molar-refractivity contribution is -0.116. The van der Waals surface area contributed by atoms with Gasteiger partial charge in [-0.05, 0) is 19.1 Å². The largest absolute Gasteiger partial charge is 0.324 e. The highest BCUT2D eigenvalue weighted by molar-refractivity contribution is 5.90. The minimum atomic E-state index is -0.233. The van der Waals surface area contributed by atoms with Gasteiger partial charge in [0.15, 0.2) is 5.82 Å². The quantitative estimate of drug-likeness (QED) is 0.839. The number of para-hydroxylation sites is 1. The molecule has 0 saturated carbocycles. The lowest BCUT2D eigenvalue weighted by Crippen LogP contribution is -2.19. The van der Waals surface area contributed by atoms with E-state index in [2.05, 4.69) is 15.4 Å². The highest BCUT2D eigenvalue weighted by atomic mass is 16.2. The third-order valence-corrected chi connectivity index (χ3v) is 2.32. The number of benzene rings is 1. The molecule has 18 heavy (non-hydrogen) atoms. The molecular weight excluding hydrogens is 230 g/mol. The highest BCUT2D eigenvalue weighted by Gasteiger charge is 2.08. The van der Waals surface area contributed by atoms with Crippen molar-refractivity contribution < 1.29 is 4.79 Å². The van der Waals surface area contributed by atoms with Crippen LogP contribution in [0, 0.1) is 0 Å². The SMILES string of the molecule is CC(N)c1ncn(CC(=O)Nc2ccccc2)n1. The van der Waals surface area contributed by atoms with E-state index in [4.69, 9.17) is 5.73 Å². The molecule has 0 radical (unpaired) electrons. The molecule has 1 aromatic carbocycles. The number of anilines is 1. The zero-order valence-electron chi connectivity index (χ0n) is 10.1. The number of amides is 1. The van der Waals surface area contributed by atoms with Crippen LogP contribution in [-0.2, 0) is 11.3 Å². The van der Waals surface area contributed by atoms with E-state index < -0.39 is 0 Å². The van der Waals surface area contributed by atoms with E-state index in [9.17, 15) is 4.79 Å². The van der Waals surface area contributed by atoms with Gasteiger partial charge >= 0.3 is 0 Å². The van der Waals surface area contributed by atoms with Gasteiger partial charge in [0.25, 0.3) is 0 Å². The van der Waals surface area contributed by atoms with Crippen LogP contribution in [-0.4, -0.2) is 20.7 Å². The summed E-state index contributed by atoms with van der Waals surface area (Å²) in [6.07, 6.45) is 1.50. The fraction of sp³-hybridized carbons (Fsp3) is 0.250. The monoisotopic (exact) mass is 245 g/mol. The summed E-state index contributed by atoms with van der Waals surface area (Å²) in [6.45, 7) is 1.92. The van der Waals surface area contributed by atoms with Gasteiger partial charge in [0.1, 0.15) is 12.9 Å². The van der Waals surface area contributed by atoms with E-state index in [1.807, 2.05) is 30.3 Å². The van der Waals surface area contributed by atoms with Crippen molar-refractivity contribution in [1.82, 2.24) is 14.8 Å². The molecule has 0 spiro atoms. The Kier molecular flexibility index (Phi) is 3.69. The van der Waals surface area contributed by atoms with Crippen molar-refractivity contribution >= 4 is 11.6 Å². The van der Waals surface area contributed by atoms with E-state index in [0.717, 1.165) is 5.69 Å². The van der Waals surface area contributed by atoms with Gasteiger partial charge in [0.2, 0.25) is 5.91 Å².